The van der Waals surface area contributed by atoms with Crippen molar-refractivity contribution in [3.63, 3.8) is 0 Å². The van der Waals surface area contributed by atoms with Crippen molar-refractivity contribution in [2.45, 2.75) is 39.7 Å². The van der Waals surface area contributed by atoms with Crippen LogP contribution in [0.25, 0.3) is 5.76 Å². The van der Waals surface area contributed by atoms with Crippen molar-refractivity contribution in [3.8, 4) is 5.75 Å². The molecule has 2 aromatic carbocycles. The highest BCUT2D eigenvalue weighted by atomic mass is 35.5. The van der Waals surface area contributed by atoms with Crippen LogP contribution in [0.3, 0.4) is 0 Å². The van der Waals surface area contributed by atoms with E-state index in [0.29, 0.717) is 29.5 Å². The molecule has 1 fully saturated rings. The van der Waals surface area contributed by atoms with Crippen LogP contribution in [0.15, 0.2) is 54.1 Å². The SMILES string of the molecule is CCCOc1cccc(C2/C(=C(\O)c3ccc(Cl)cc3)C(=O)C(=O)N2CCCN(CC)CC)c1. The predicted molar refractivity (Wildman–Crippen MR) is 135 cm³/mol. The summed E-state index contributed by atoms with van der Waals surface area (Å²) in [4.78, 5) is 30.1. The summed E-state index contributed by atoms with van der Waals surface area (Å²) in [6.45, 7) is 9.87. The Bertz CT molecular complexity index is 1030. The number of rotatable bonds is 11. The molecule has 6 nitrogen and oxygen atoms in total. The minimum absolute atomic E-state index is 0.0859. The quantitative estimate of drug-likeness (QED) is 0.267. The van der Waals surface area contributed by atoms with Crippen LogP contribution in [0.1, 0.15) is 50.8 Å². The fraction of sp³-hybridized carbons (Fsp3) is 0.407. The van der Waals surface area contributed by atoms with Crippen LogP contribution in [0.2, 0.25) is 5.02 Å². The molecule has 0 aromatic heterocycles. The van der Waals surface area contributed by atoms with E-state index in [4.69, 9.17) is 16.3 Å². The molecule has 34 heavy (non-hydrogen) atoms. The van der Waals surface area contributed by atoms with Crippen molar-refractivity contribution in [1.29, 1.82) is 0 Å². The van der Waals surface area contributed by atoms with Crippen molar-refractivity contribution < 1.29 is 19.4 Å². The van der Waals surface area contributed by atoms with Crippen LogP contribution in [-0.2, 0) is 9.59 Å². The lowest BCUT2D eigenvalue weighted by molar-refractivity contribution is -0.140. The molecule has 0 radical (unpaired) electrons. The van der Waals surface area contributed by atoms with E-state index in [-0.39, 0.29) is 11.3 Å². The second-order valence-electron chi connectivity index (χ2n) is 8.30. The molecule has 1 aliphatic rings. The fourth-order valence-electron chi connectivity index (χ4n) is 4.22. The lowest BCUT2D eigenvalue weighted by atomic mass is 9.95. The Morgan fingerprint density at radius 1 is 1.09 bits per heavy atom. The van der Waals surface area contributed by atoms with Crippen LogP contribution in [0.5, 0.6) is 5.75 Å². The molecule has 2 aromatic rings. The minimum Gasteiger partial charge on any atom is -0.507 e. The van der Waals surface area contributed by atoms with Crippen molar-refractivity contribution >= 4 is 29.1 Å². The number of ketones is 1. The average molecular weight is 485 g/mol. The summed E-state index contributed by atoms with van der Waals surface area (Å²) in [6, 6.07) is 13.3. The van der Waals surface area contributed by atoms with Gasteiger partial charge in [-0.1, -0.05) is 44.5 Å². The van der Waals surface area contributed by atoms with Gasteiger partial charge in [-0.05, 0) is 74.4 Å². The van der Waals surface area contributed by atoms with Gasteiger partial charge in [0, 0.05) is 17.1 Å². The summed E-state index contributed by atoms with van der Waals surface area (Å²) in [5, 5.41) is 11.7. The summed E-state index contributed by atoms with van der Waals surface area (Å²) in [7, 11) is 0. The summed E-state index contributed by atoms with van der Waals surface area (Å²) < 4.78 is 5.79. The first-order chi connectivity index (χ1) is 16.4. The fourth-order valence-corrected chi connectivity index (χ4v) is 4.35. The molecule has 1 aliphatic heterocycles. The lowest BCUT2D eigenvalue weighted by Crippen LogP contribution is -2.33. The molecule has 1 N–H and O–H groups in total. The number of nitrogens with zero attached hydrogens (tertiary/aromatic N) is 2. The number of aliphatic hydroxyl groups excluding tert-OH is 1. The number of hydrogen-bond donors (Lipinski definition) is 1. The third-order valence-corrected chi connectivity index (χ3v) is 6.32. The molecule has 7 heteroatoms. The number of benzene rings is 2. The Morgan fingerprint density at radius 3 is 2.44 bits per heavy atom. The average Bonchev–Trinajstić information content (AvgIpc) is 3.10. The Labute approximate surface area is 206 Å². The van der Waals surface area contributed by atoms with Gasteiger partial charge in [0.2, 0.25) is 0 Å². The van der Waals surface area contributed by atoms with Gasteiger partial charge in [0.05, 0.1) is 18.2 Å². The molecular formula is C27H33ClN2O4. The van der Waals surface area contributed by atoms with Crippen LogP contribution in [-0.4, -0.2) is 59.4 Å². The first-order valence-electron chi connectivity index (χ1n) is 11.9. The van der Waals surface area contributed by atoms with Crippen LogP contribution in [0, 0.1) is 0 Å². The zero-order valence-electron chi connectivity index (χ0n) is 20.1. The number of Topliss-reactive ketones (excluding diaryl/α,β-unsaturated/α-hetero) is 1. The van der Waals surface area contributed by atoms with Gasteiger partial charge in [-0.25, -0.2) is 0 Å². The number of hydrogen-bond acceptors (Lipinski definition) is 5. The Morgan fingerprint density at radius 2 is 1.79 bits per heavy atom. The van der Waals surface area contributed by atoms with Gasteiger partial charge in [-0.15, -0.1) is 0 Å². The summed E-state index contributed by atoms with van der Waals surface area (Å²) in [5.74, 6) is -0.814. The zero-order chi connectivity index (χ0) is 24.7. The standard InChI is InChI=1S/C27H33ClN2O4/c1-4-17-34-22-10-7-9-20(18-22)24-23(25(31)19-11-13-21(28)14-12-19)26(32)27(33)30(24)16-8-15-29(5-2)6-3/h7,9-14,18,24,31H,4-6,8,15-17H2,1-3H3/b25-23+. The number of ether oxygens (including phenoxy) is 1. The second kappa shape index (κ2) is 12.0. The van der Waals surface area contributed by atoms with E-state index in [1.165, 1.54) is 0 Å². The molecule has 1 unspecified atom stereocenters. The van der Waals surface area contributed by atoms with Crippen LogP contribution >= 0.6 is 11.6 Å². The van der Waals surface area contributed by atoms with Crippen molar-refractivity contribution in [1.82, 2.24) is 9.80 Å². The molecule has 0 saturated carbocycles. The smallest absolute Gasteiger partial charge is 0.295 e. The monoisotopic (exact) mass is 484 g/mol. The number of amides is 1. The van der Waals surface area contributed by atoms with Gasteiger partial charge in [-0.2, -0.15) is 0 Å². The molecule has 182 valence electrons. The van der Waals surface area contributed by atoms with E-state index in [2.05, 4.69) is 18.7 Å². The van der Waals surface area contributed by atoms with E-state index in [1.807, 2.05) is 31.2 Å². The maximum absolute atomic E-state index is 13.2. The van der Waals surface area contributed by atoms with Gasteiger partial charge in [0.25, 0.3) is 11.7 Å². The van der Waals surface area contributed by atoms with E-state index in [0.717, 1.165) is 38.0 Å². The van der Waals surface area contributed by atoms with Crippen molar-refractivity contribution in [3.05, 3.63) is 70.3 Å². The maximum Gasteiger partial charge on any atom is 0.295 e. The zero-order valence-corrected chi connectivity index (χ0v) is 20.8. The molecule has 0 aliphatic carbocycles. The number of likely N-dealkylation sites (tertiary alicyclic amines) is 1. The molecule has 0 spiro atoms. The van der Waals surface area contributed by atoms with E-state index in [9.17, 15) is 14.7 Å². The minimum atomic E-state index is -0.697. The number of carbonyl (C=O) groups excluding carboxylic acids is 2. The van der Waals surface area contributed by atoms with E-state index in [1.54, 1.807) is 29.2 Å². The molecule has 1 amide bonds. The molecule has 1 atom stereocenters. The van der Waals surface area contributed by atoms with Crippen molar-refractivity contribution in [2.24, 2.45) is 0 Å². The second-order valence-corrected chi connectivity index (χ2v) is 8.74. The highest BCUT2D eigenvalue weighted by Crippen LogP contribution is 2.40. The summed E-state index contributed by atoms with van der Waals surface area (Å²) in [5.41, 5.74) is 1.25. The molecule has 1 heterocycles. The van der Waals surface area contributed by atoms with E-state index >= 15 is 0 Å². The van der Waals surface area contributed by atoms with Gasteiger partial charge < -0.3 is 19.6 Å². The highest BCUT2D eigenvalue weighted by molar-refractivity contribution is 6.46. The van der Waals surface area contributed by atoms with Crippen LogP contribution < -0.4 is 4.74 Å². The predicted octanol–water partition coefficient (Wildman–Crippen LogP) is 5.28. The first kappa shape index (κ1) is 25.8. The summed E-state index contributed by atoms with van der Waals surface area (Å²) in [6.07, 6.45) is 1.59. The topological polar surface area (TPSA) is 70.1 Å². The third-order valence-electron chi connectivity index (χ3n) is 6.07. The Balaban J connectivity index is 2.03. The molecule has 3 rings (SSSR count). The molecule has 0 bridgehead atoms. The van der Waals surface area contributed by atoms with Gasteiger partial charge >= 0.3 is 0 Å². The van der Waals surface area contributed by atoms with Gasteiger partial charge in [0.1, 0.15) is 11.5 Å². The number of carbonyl (C=O) groups is 2. The molecule has 1 saturated heterocycles. The Hall–Kier alpha value is -2.83. The lowest BCUT2D eigenvalue weighted by Gasteiger charge is -2.27. The van der Waals surface area contributed by atoms with Gasteiger partial charge in [0.15, 0.2) is 0 Å². The number of halogens is 1. The highest BCUT2D eigenvalue weighted by Gasteiger charge is 2.45. The van der Waals surface area contributed by atoms with Gasteiger partial charge in [-0.3, -0.25) is 9.59 Å². The number of aliphatic hydroxyl groups is 1. The largest absolute Gasteiger partial charge is 0.507 e. The third kappa shape index (κ3) is 5.80. The Kier molecular flexibility index (Phi) is 9.13. The van der Waals surface area contributed by atoms with E-state index < -0.39 is 17.7 Å². The van der Waals surface area contributed by atoms with Crippen molar-refractivity contribution in [2.75, 3.05) is 32.8 Å². The molecular weight excluding hydrogens is 452 g/mol. The normalized spacial score (nSPS) is 17.6. The first-order valence-corrected chi connectivity index (χ1v) is 12.3. The summed E-state index contributed by atoms with van der Waals surface area (Å²) >= 11 is 6.00. The van der Waals surface area contributed by atoms with Crippen LogP contribution in [0.4, 0.5) is 0 Å². The maximum atomic E-state index is 13.2.